The molecule has 0 bridgehead atoms. The zero-order valence-corrected chi connectivity index (χ0v) is 23.2. The molecule has 0 radical (unpaired) electrons. The maximum Gasteiger partial charge on any atom is 0.427 e. The van der Waals surface area contributed by atoms with Crippen LogP contribution in [0.25, 0.3) is 0 Å². The van der Waals surface area contributed by atoms with E-state index in [-0.39, 0.29) is 35.9 Å². The molecule has 2 aromatic rings. The van der Waals surface area contributed by atoms with Crippen molar-refractivity contribution < 1.29 is 49.4 Å². The van der Waals surface area contributed by atoms with Gasteiger partial charge in [0.2, 0.25) is 11.5 Å². The van der Waals surface area contributed by atoms with E-state index < -0.39 is 62.4 Å². The number of nitrogens with one attached hydrogen (secondary N) is 1. The van der Waals surface area contributed by atoms with Crippen LogP contribution in [0.2, 0.25) is 0 Å². The number of carbonyl (C=O) groups excluding carboxylic acids is 2. The monoisotopic (exact) mass is 592 g/mol. The van der Waals surface area contributed by atoms with E-state index in [0.29, 0.717) is 26.0 Å². The van der Waals surface area contributed by atoms with Gasteiger partial charge in [-0.05, 0) is 63.6 Å². The molecule has 0 unspecified atom stereocenters. The van der Waals surface area contributed by atoms with Crippen molar-refractivity contribution in [2.45, 2.75) is 75.8 Å². The molecule has 1 aliphatic rings. The second kappa shape index (κ2) is 10.9. The van der Waals surface area contributed by atoms with Gasteiger partial charge in [-0.25, -0.2) is 17.2 Å². The first kappa shape index (κ1) is 31.1. The number of esters is 1. The highest BCUT2D eigenvalue weighted by molar-refractivity contribution is 7.92. The Morgan fingerprint density at radius 2 is 1.70 bits per heavy atom. The molecule has 3 rings (SSSR count). The van der Waals surface area contributed by atoms with Gasteiger partial charge in [0, 0.05) is 18.9 Å². The SMILES string of the molecule is CC(=O)NC(C)(C)C[C@H]1CN(S(=O)(=O)c2ccc(F)c(F)c2)c2cc(CC(=O)OC(C)(C)C(F)(F)F)ccc2O1. The minimum Gasteiger partial charge on any atom is -0.486 e. The third-order valence-electron chi connectivity index (χ3n) is 6.09. The number of ether oxygens (including phenoxy) is 2. The molecule has 0 spiro atoms. The Balaban J connectivity index is 2.00. The zero-order valence-electron chi connectivity index (χ0n) is 22.4. The molecule has 0 aliphatic carbocycles. The van der Waals surface area contributed by atoms with Gasteiger partial charge in [0.25, 0.3) is 10.0 Å². The lowest BCUT2D eigenvalue weighted by atomic mass is 9.95. The van der Waals surface area contributed by atoms with Crippen molar-refractivity contribution in [2.24, 2.45) is 0 Å². The summed E-state index contributed by atoms with van der Waals surface area (Å²) < 4.78 is 106. The minimum absolute atomic E-state index is 0.0498. The number of benzene rings is 2. The van der Waals surface area contributed by atoms with Gasteiger partial charge >= 0.3 is 12.1 Å². The van der Waals surface area contributed by atoms with Gasteiger partial charge < -0.3 is 14.8 Å². The van der Waals surface area contributed by atoms with E-state index in [1.165, 1.54) is 25.1 Å². The quantitative estimate of drug-likeness (QED) is 0.354. The zero-order chi connectivity index (χ0) is 30.3. The summed E-state index contributed by atoms with van der Waals surface area (Å²) >= 11 is 0. The third-order valence-corrected chi connectivity index (χ3v) is 7.86. The summed E-state index contributed by atoms with van der Waals surface area (Å²) in [7, 11) is -4.53. The summed E-state index contributed by atoms with van der Waals surface area (Å²) in [4.78, 5) is 23.4. The average Bonchev–Trinajstić information content (AvgIpc) is 2.78. The van der Waals surface area contributed by atoms with Crippen molar-refractivity contribution in [1.29, 1.82) is 0 Å². The van der Waals surface area contributed by atoms with Gasteiger partial charge in [0.1, 0.15) is 11.9 Å². The smallest absolute Gasteiger partial charge is 0.427 e. The predicted octanol–water partition coefficient (Wildman–Crippen LogP) is 4.65. The fourth-order valence-electron chi connectivity index (χ4n) is 4.21. The molecule has 1 heterocycles. The second-order valence-corrected chi connectivity index (χ2v) is 12.4. The molecule has 14 heteroatoms. The van der Waals surface area contributed by atoms with E-state index in [1.807, 2.05) is 0 Å². The number of amides is 1. The Morgan fingerprint density at radius 1 is 1.05 bits per heavy atom. The molecule has 1 amide bonds. The van der Waals surface area contributed by atoms with Crippen LogP contribution in [0, 0.1) is 11.6 Å². The first-order valence-corrected chi connectivity index (χ1v) is 13.5. The summed E-state index contributed by atoms with van der Waals surface area (Å²) in [5.41, 5.74) is -3.52. The van der Waals surface area contributed by atoms with Crippen LogP contribution < -0.4 is 14.4 Å². The Bertz CT molecular complexity index is 1410. The molecule has 40 heavy (non-hydrogen) atoms. The molecule has 0 fully saturated rings. The van der Waals surface area contributed by atoms with E-state index in [2.05, 4.69) is 10.1 Å². The number of sulfonamides is 1. The van der Waals surface area contributed by atoms with Crippen LogP contribution in [0.3, 0.4) is 0 Å². The second-order valence-electron chi connectivity index (χ2n) is 10.6. The van der Waals surface area contributed by atoms with Crippen LogP contribution in [0.15, 0.2) is 41.3 Å². The number of hydrogen-bond donors (Lipinski definition) is 1. The Hall–Kier alpha value is -3.42. The van der Waals surface area contributed by atoms with Crippen molar-refractivity contribution in [1.82, 2.24) is 5.32 Å². The van der Waals surface area contributed by atoms with Gasteiger partial charge in [0.15, 0.2) is 11.6 Å². The molecule has 0 aromatic heterocycles. The molecule has 2 aromatic carbocycles. The van der Waals surface area contributed by atoms with Crippen LogP contribution in [-0.2, 0) is 30.8 Å². The highest BCUT2D eigenvalue weighted by Gasteiger charge is 2.50. The van der Waals surface area contributed by atoms with E-state index in [9.17, 15) is 40.0 Å². The first-order valence-electron chi connectivity index (χ1n) is 12.1. The number of nitrogens with zero attached hydrogens (tertiary/aromatic N) is 1. The molecule has 1 atom stereocenters. The summed E-state index contributed by atoms with van der Waals surface area (Å²) in [6, 6.07) is 6.03. The lowest BCUT2D eigenvalue weighted by molar-refractivity contribution is -0.257. The van der Waals surface area contributed by atoms with Gasteiger partial charge in [-0.2, -0.15) is 13.2 Å². The third kappa shape index (κ3) is 7.01. The largest absolute Gasteiger partial charge is 0.486 e. The minimum atomic E-state index is -4.82. The molecule has 1 N–H and O–H groups in total. The number of rotatable bonds is 8. The van der Waals surface area contributed by atoms with Gasteiger partial charge in [-0.3, -0.25) is 13.9 Å². The summed E-state index contributed by atoms with van der Waals surface area (Å²) in [5, 5.41) is 2.74. The van der Waals surface area contributed by atoms with Gasteiger partial charge in [0.05, 0.1) is 23.5 Å². The van der Waals surface area contributed by atoms with Gasteiger partial charge in [-0.15, -0.1) is 0 Å². The van der Waals surface area contributed by atoms with Crippen LogP contribution in [0.4, 0.5) is 27.6 Å². The standard InChI is InChI=1S/C26H29F5N2O6S/c1-15(34)32-24(2,3)13-17-14-33(40(36,37)18-7-8-19(27)20(28)12-18)21-10-16(6-9-22(21)38-17)11-23(35)39-25(4,5)26(29,30)31/h6-10,12,17H,11,13-14H2,1-5H3,(H,32,34)/t17-/m0/s1. The van der Waals surface area contributed by atoms with E-state index in [4.69, 9.17) is 4.74 Å². The number of fused-ring (bicyclic) bond motifs is 1. The van der Waals surface area contributed by atoms with Crippen molar-refractivity contribution >= 4 is 27.6 Å². The molecule has 220 valence electrons. The van der Waals surface area contributed by atoms with Crippen LogP contribution in [0.5, 0.6) is 5.75 Å². The lowest BCUT2D eigenvalue weighted by Crippen LogP contribution is -2.50. The number of hydrogen-bond acceptors (Lipinski definition) is 6. The Morgan fingerprint density at radius 3 is 2.27 bits per heavy atom. The van der Waals surface area contributed by atoms with E-state index in [0.717, 1.165) is 10.4 Å². The average molecular weight is 593 g/mol. The maximum absolute atomic E-state index is 14.0. The number of alkyl halides is 3. The topological polar surface area (TPSA) is 102 Å². The highest BCUT2D eigenvalue weighted by atomic mass is 32.2. The summed E-state index contributed by atoms with van der Waals surface area (Å²) in [5.74, 6) is -4.11. The van der Waals surface area contributed by atoms with Crippen LogP contribution in [-0.4, -0.2) is 50.3 Å². The van der Waals surface area contributed by atoms with Crippen LogP contribution in [0.1, 0.15) is 46.6 Å². The number of halogens is 5. The molecule has 0 saturated heterocycles. The molecule has 1 aliphatic heterocycles. The Kier molecular flexibility index (Phi) is 8.45. The Labute approximate surface area is 228 Å². The fraction of sp³-hybridized carbons (Fsp3) is 0.462. The van der Waals surface area contributed by atoms with E-state index in [1.54, 1.807) is 13.8 Å². The van der Waals surface area contributed by atoms with Crippen molar-refractivity contribution in [3.05, 3.63) is 53.6 Å². The van der Waals surface area contributed by atoms with Gasteiger partial charge in [-0.1, -0.05) is 6.07 Å². The van der Waals surface area contributed by atoms with Crippen molar-refractivity contribution in [3.63, 3.8) is 0 Å². The number of anilines is 1. The maximum atomic E-state index is 14.0. The normalized spacial score (nSPS) is 16.1. The highest BCUT2D eigenvalue weighted by Crippen LogP contribution is 2.40. The van der Waals surface area contributed by atoms with Crippen LogP contribution >= 0.6 is 0 Å². The predicted molar refractivity (Wildman–Crippen MR) is 134 cm³/mol. The number of carbonyl (C=O) groups is 2. The molecule has 8 nitrogen and oxygen atoms in total. The molecular weight excluding hydrogens is 563 g/mol. The molecular formula is C26H29F5N2O6S. The fourth-order valence-corrected chi connectivity index (χ4v) is 5.72. The summed E-state index contributed by atoms with van der Waals surface area (Å²) in [6.45, 7) is 5.82. The molecule has 0 saturated carbocycles. The van der Waals surface area contributed by atoms with Crippen molar-refractivity contribution in [2.75, 3.05) is 10.8 Å². The lowest BCUT2D eigenvalue weighted by Gasteiger charge is -2.39. The summed E-state index contributed by atoms with van der Waals surface area (Å²) in [6.07, 6.45) is -6.10. The van der Waals surface area contributed by atoms with Crippen molar-refractivity contribution in [3.8, 4) is 5.75 Å². The first-order chi connectivity index (χ1) is 18.2. The van der Waals surface area contributed by atoms with E-state index >= 15 is 0 Å².